The highest BCUT2D eigenvalue weighted by atomic mass is 32.1. The number of fused-ring (bicyclic) bond motifs is 5. The second-order valence-electron chi connectivity index (χ2n) is 7.10. The van der Waals surface area contributed by atoms with Crippen LogP contribution in [0.15, 0.2) is 65.1 Å². The van der Waals surface area contributed by atoms with Crippen LogP contribution in [0.1, 0.15) is 9.75 Å². The van der Waals surface area contributed by atoms with Crippen molar-refractivity contribution in [3.63, 3.8) is 0 Å². The minimum Gasteiger partial charge on any atom is -0.455 e. The van der Waals surface area contributed by atoms with Crippen molar-refractivity contribution in [3.05, 3.63) is 70.4 Å². The number of furan rings is 1. The molecular weight excluding hydrogens is 400 g/mol. The Balaban J connectivity index is 1.58. The monoisotopic (exact) mass is 416 g/mol. The van der Waals surface area contributed by atoms with Crippen molar-refractivity contribution in [2.45, 2.75) is 13.8 Å². The third-order valence-corrected chi connectivity index (χ3v) is 8.52. The SMILES string of the molecule is Cc1ccc(-c2cc3ccc4c(ccc5cc(-c6ccc(C)s6)sc54)c3o2)s1. The lowest BCUT2D eigenvalue weighted by Crippen LogP contribution is -1.73. The van der Waals surface area contributed by atoms with Gasteiger partial charge in [0.15, 0.2) is 0 Å². The van der Waals surface area contributed by atoms with Crippen molar-refractivity contribution in [1.29, 1.82) is 0 Å². The molecular formula is C24H16OS3. The molecule has 0 aliphatic heterocycles. The highest BCUT2D eigenvalue weighted by molar-refractivity contribution is 7.26. The van der Waals surface area contributed by atoms with Crippen LogP contribution >= 0.6 is 34.0 Å². The van der Waals surface area contributed by atoms with Gasteiger partial charge < -0.3 is 4.42 Å². The van der Waals surface area contributed by atoms with Crippen LogP contribution in [-0.4, -0.2) is 0 Å². The van der Waals surface area contributed by atoms with Gasteiger partial charge in [-0.2, -0.15) is 0 Å². The average molecular weight is 417 g/mol. The summed E-state index contributed by atoms with van der Waals surface area (Å²) in [5, 5.41) is 4.94. The first-order valence-corrected chi connectivity index (χ1v) is 11.6. The molecule has 0 fully saturated rings. The smallest absolute Gasteiger partial charge is 0.145 e. The van der Waals surface area contributed by atoms with E-state index in [4.69, 9.17) is 4.42 Å². The van der Waals surface area contributed by atoms with Crippen LogP contribution in [0, 0.1) is 13.8 Å². The van der Waals surface area contributed by atoms with Crippen molar-refractivity contribution in [2.24, 2.45) is 0 Å². The second-order valence-corrected chi connectivity index (χ2v) is 10.7. The first kappa shape index (κ1) is 16.5. The Morgan fingerprint density at radius 3 is 2.07 bits per heavy atom. The van der Waals surface area contributed by atoms with E-state index < -0.39 is 0 Å². The normalized spacial score (nSPS) is 11.9. The minimum atomic E-state index is 0.960. The van der Waals surface area contributed by atoms with Gasteiger partial charge in [-0.3, -0.25) is 0 Å². The molecule has 28 heavy (non-hydrogen) atoms. The molecule has 0 saturated carbocycles. The third-order valence-electron chi connectivity index (χ3n) is 5.13. The molecule has 0 bridgehead atoms. The molecule has 0 radical (unpaired) electrons. The van der Waals surface area contributed by atoms with Gasteiger partial charge in [0.25, 0.3) is 0 Å². The molecule has 4 heterocycles. The van der Waals surface area contributed by atoms with Crippen molar-refractivity contribution in [1.82, 2.24) is 0 Å². The maximum atomic E-state index is 6.34. The van der Waals surface area contributed by atoms with E-state index in [1.54, 1.807) is 11.3 Å². The summed E-state index contributed by atoms with van der Waals surface area (Å²) in [5.41, 5.74) is 0.988. The van der Waals surface area contributed by atoms with Crippen LogP contribution in [0.3, 0.4) is 0 Å². The van der Waals surface area contributed by atoms with Gasteiger partial charge in [-0.05, 0) is 61.7 Å². The summed E-state index contributed by atoms with van der Waals surface area (Å²) in [4.78, 5) is 6.54. The predicted octanol–water partition coefficient (Wildman–Crippen LogP) is 8.87. The van der Waals surface area contributed by atoms with Gasteiger partial charge in [-0.15, -0.1) is 34.0 Å². The minimum absolute atomic E-state index is 0.960. The molecule has 1 nitrogen and oxygen atoms in total. The molecule has 0 aliphatic rings. The van der Waals surface area contributed by atoms with E-state index in [-0.39, 0.29) is 0 Å². The maximum absolute atomic E-state index is 6.34. The van der Waals surface area contributed by atoms with Crippen LogP contribution in [-0.2, 0) is 0 Å². The van der Waals surface area contributed by atoms with Crippen molar-refractivity contribution >= 4 is 65.8 Å². The fraction of sp³-hybridized carbons (Fsp3) is 0.0833. The van der Waals surface area contributed by atoms with Crippen molar-refractivity contribution in [2.75, 3.05) is 0 Å². The molecule has 2 aromatic carbocycles. The molecule has 6 rings (SSSR count). The first-order valence-electron chi connectivity index (χ1n) is 9.18. The molecule has 0 saturated heterocycles. The number of thiophene rings is 3. The van der Waals surface area contributed by atoms with E-state index >= 15 is 0 Å². The Morgan fingerprint density at radius 1 is 0.607 bits per heavy atom. The fourth-order valence-corrected chi connectivity index (χ4v) is 6.73. The molecule has 0 N–H and O–H groups in total. The first-order chi connectivity index (χ1) is 13.7. The number of benzene rings is 2. The van der Waals surface area contributed by atoms with Crippen LogP contribution in [0.25, 0.3) is 52.2 Å². The Labute approximate surface area is 174 Å². The Bertz CT molecular complexity index is 1370. The summed E-state index contributed by atoms with van der Waals surface area (Å²) >= 11 is 5.52. The standard InChI is InChI=1S/C24H16OS3/c1-13-3-9-20(26-13)19-11-15-5-8-18-17(23(15)25-19)7-6-16-12-22(28-24(16)18)21-10-4-14(2)27-21/h3-12H,1-2H3. The lowest BCUT2D eigenvalue weighted by atomic mass is 10.1. The fourth-order valence-electron chi connectivity index (χ4n) is 3.78. The van der Waals surface area contributed by atoms with Crippen LogP contribution in [0.5, 0.6) is 0 Å². The third kappa shape index (κ3) is 2.49. The largest absolute Gasteiger partial charge is 0.455 e. The van der Waals surface area contributed by atoms with Gasteiger partial charge in [0, 0.05) is 40.4 Å². The number of aryl methyl sites for hydroxylation is 2. The molecule has 0 unspecified atom stereocenters. The van der Waals surface area contributed by atoms with Crippen LogP contribution in [0.2, 0.25) is 0 Å². The topological polar surface area (TPSA) is 13.1 Å². The summed E-state index contributed by atoms with van der Waals surface area (Å²) in [6.45, 7) is 4.30. The van der Waals surface area contributed by atoms with E-state index in [0.717, 1.165) is 11.3 Å². The maximum Gasteiger partial charge on any atom is 0.145 e. The van der Waals surface area contributed by atoms with Gasteiger partial charge in [0.05, 0.1) is 4.88 Å². The summed E-state index contributed by atoms with van der Waals surface area (Å²) in [6.07, 6.45) is 0. The summed E-state index contributed by atoms with van der Waals surface area (Å²) in [5.74, 6) is 0.960. The van der Waals surface area contributed by atoms with Crippen LogP contribution in [0.4, 0.5) is 0 Å². The Morgan fingerprint density at radius 2 is 1.32 bits per heavy atom. The van der Waals surface area contributed by atoms with E-state index in [1.807, 2.05) is 22.7 Å². The van der Waals surface area contributed by atoms with Crippen LogP contribution < -0.4 is 0 Å². The van der Waals surface area contributed by atoms with Crippen molar-refractivity contribution < 1.29 is 4.42 Å². The number of rotatable bonds is 2. The van der Waals surface area contributed by atoms with Gasteiger partial charge in [0.2, 0.25) is 0 Å². The Kier molecular flexibility index (Phi) is 3.57. The zero-order valence-electron chi connectivity index (χ0n) is 15.4. The highest BCUT2D eigenvalue weighted by Gasteiger charge is 2.14. The summed E-state index contributed by atoms with van der Waals surface area (Å²) in [6, 6.07) is 22.1. The molecule has 0 amide bonds. The zero-order valence-corrected chi connectivity index (χ0v) is 17.9. The number of hydrogen-bond donors (Lipinski definition) is 0. The molecule has 6 aromatic rings. The van der Waals surface area contributed by atoms with Gasteiger partial charge >= 0.3 is 0 Å². The van der Waals surface area contributed by atoms with Gasteiger partial charge in [-0.1, -0.05) is 18.2 Å². The average Bonchev–Trinajstić information content (AvgIpc) is 3.45. The lowest BCUT2D eigenvalue weighted by Gasteiger charge is -2.00. The summed E-state index contributed by atoms with van der Waals surface area (Å²) in [7, 11) is 0. The second kappa shape index (κ2) is 6.05. The van der Waals surface area contributed by atoms with Gasteiger partial charge in [0.1, 0.15) is 11.3 Å². The predicted molar refractivity (Wildman–Crippen MR) is 125 cm³/mol. The molecule has 0 spiro atoms. The molecule has 0 atom stereocenters. The molecule has 136 valence electrons. The molecule has 0 aliphatic carbocycles. The Hall–Kier alpha value is -2.40. The van der Waals surface area contributed by atoms with E-state index in [9.17, 15) is 0 Å². The van der Waals surface area contributed by atoms with E-state index in [2.05, 4.69) is 74.5 Å². The van der Waals surface area contributed by atoms with Crippen molar-refractivity contribution in [3.8, 4) is 20.4 Å². The van der Waals surface area contributed by atoms with E-state index in [1.165, 1.54) is 50.6 Å². The lowest BCUT2D eigenvalue weighted by molar-refractivity contribution is 0.636. The quantitative estimate of drug-likeness (QED) is 0.275. The molecule has 4 aromatic heterocycles. The zero-order chi connectivity index (χ0) is 18.8. The van der Waals surface area contributed by atoms with E-state index in [0.29, 0.717) is 0 Å². The molecule has 4 heteroatoms. The van der Waals surface area contributed by atoms with Gasteiger partial charge in [-0.25, -0.2) is 0 Å². The highest BCUT2D eigenvalue weighted by Crippen LogP contribution is 2.42. The summed E-state index contributed by atoms with van der Waals surface area (Å²) < 4.78 is 7.68. The number of hydrogen-bond acceptors (Lipinski definition) is 4.